The van der Waals surface area contributed by atoms with Crippen molar-refractivity contribution < 1.29 is 13.2 Å². The van der Waals surface area contributed by atoms with E-state index in [4.69, 9.17) is 11.6 Å². The van der Waals surface area contributed by atoms with Crippen molar-refractivity contribution in [3.8, 4) is 0 Å². The zero-order valence-electron chi connectivity index (χ0n) is 15.6. The second-order valence-corrected chi connectivity index (χ2v) is 9.04. The fourth-order valence-electron chi connectivity index (χ4n) is 3.60. The summed E-state index contributed by atoms with van der Waals surface area (Å²) in [4.78, 5) is 7.52. The van der Waals surface area contributed by atoms with E-state index in [1.165, 1.54) is 0 Å². The Balaban J connectivity index is 1.33. The predicted octanol–water partition coefficient (Wildman–Crippen LogP) is 6.66. The highest BCUT2D eigenvalue weighted by molar-refractivity contribution is 8.00. The lowest BCUT2D eigenvalue weighted by Gasteiger charge is -2.31. The first-order chi connectivity index (χ1) is 13.9. The molecule has 0 aliphatic carbocycles. The number of fused-ring (bicyclic) bond motifs is 1. The van der Waals surface area contributed by atoms with Gasteiger partial charge in [-0.2, -0.15) is 13.2 Å². The van der Waals surface area contributed by atoms with E-state index < -0.39 is 11.7 Å². The zero-order chi connectivity index (χ0) is 20.4. The number of pyridine rings is 1. The highest BCUT2D eigenvalue weighted by Gasteiger charge is 2.30. The van der Waals surface area contributed by atoms with Crippen LogP contribution in [0.4, 0.5) is 13.2 Å². The second-order valence-electron chi connectivity index (χ2n) is 7.29. The molecule has 152 valence electrons. The Morgan fingerprint density at radius 1 is 1.03 bits per heavy atom. The van der Waals surface area contributed by atoms with Gasteiger partial charge in [0.05, 0.1) is 10.6 Å². The van der Waals surface area contributed by atoms with Crippen molar-refractivity contribution in [2.24, 2.45) is 0 Å². The third kappa shape index (κ3) is 5.05. The minimum Gasteiger partial charge on any atom is -0.299 e. The SMILES string of the molecule is FC(F)(F)c1ccc(CN2CCC(Sc3cc4ccncc4cc3Cl)CC2)cc1. The maximum atomic E-state index is 12.7. The normalized spacial score (nSPS) is 16.4. The van der Waals surface area contributed by atoms with Gasteiger partial charge in [0.1, 0.15) is 0 Å². The Bertz CT molecular complexity index is 984. The van der Waals surface area contributed by atoms with Crippen LogP contribution < -0.4 is 0 Å². The molecule has 2 nitrogen and oxygen atoms in total. The number of benzene rings is 2. The smallest absolute Gasteiger partial charge is 0.299 e. The number of thioether (sulfide) groups is 1. The van der Waals surface area contributed by atoms with Crippen molar-refractivity contribution in [2.45, 2.75) is 35.7 Å². The van der Waals surface area contributed by atoms with E-state index in [2.05, 4.69) is 16.0 Å². The van der Waals surface area contributed by atoms with Crippen LogP contribution in [0, 0.1) is 0 Å². The van der Waals surface area contributed by atoms with Gasteiger partial charge in [0, 0.05) is 34.5 Å². The van der Waals surface area contributed by atoms with Crippen molar-refractivity contribution in [1.29, 1.82) is 0 Å². The number of aromatic nitrogens is 1. The molecule has 1 aromatic heterocycles. The molecule has 0 atom stereocenters. The van der Waals surface area contributed by atoms with Gasteiger partial charge in [-0.05, 0) is 67.2 Å². The first kappa shape index (κ1) is 20.5. The van der Waals surface area contributed by atoms with Crippen LogP contribution >= 0.6 is 23.4 Å². The number of piperidine rings is 1. The van der Waals surface area contributed by atoms with Crippen LogP contribution in [-0.4, -0.2) is 28.2 Å². The molecule has 0 unspecified atom stereocenters. The van der Waals surface area contributed by atoms with Crippen LogP contribution in [-0.2, 0) is 12.7 Å². The van der Waals surface area contributed by atoms with Gasteiger partial charge in [-0.15, -0.1) is 11.8 Å². The molecule has 1 fully saturated rings. The van der Waals surface area contributed by atoms with Crippen LogP contribution in [0.25, 0.3) is 10.8 Å². The molecule has 0 saturated carbocycles. The van der Waals surface area contributed by atoms with Crippen LogP contribution in [0.15, 0.2) is 59.8 Å². The Hall–Kier alpha value is -1.76. The molecule has 2 heterocycles. The lowest BCUT2D eigenvalue weighted by Crippen LogP contribution is -2.34. The Morgan fingerprint density at radius 2 is 1.76 bits per heavy atom. The number of alkyl halides is 3. The third-order valence-electron chi connectivity index (χ3n) is 5.21. The first-order valence-electron chi connectivity index (χ1n) is 9.47. The van der Waals surface area contributed by atoms with Crippen LogP contribution in [0.2, 0.25) is 5.02 Å². The molecule has 0 spiro atoms. The summed E-state index contributed by atoms with van der Waals surface area (Å²) >= 11 is 8.28. The molecule has 4 rings (SSSR count). The van der Waals surface area contributed by atoms with E-state index in [-0.39, 0.29) is 0 Å². The number of hydrogen-bond acceptors (Lipinski definition) is 3. The van der Waals surface area contributed by atoms with Gasteiger partial charge in [0.2, 0.25) is 0 Å². The lowest BCUT2D eigenvalue weighted by atomic mass is 10.1. The molecule has 1 aliphatic heterocycles. The van der Waals surface area contributed by atoms with Crippen molar-refractivity contribution in [3.63, 3.8) is 0 Å². The zero-order valence-corrected chi connectivity index (χ0v) is 17.2. The van der Waals surface area contributed by atoms with E-state index in [9.17, 15) is 13.2 Å². The first-order valence-corrected chi connectivity index (χ1v) is 10.7. The van der Waals surface area contributed by atoms with Crippen molar-refractivity contribution >= 4 is 34.1 Å². The van der Waals surface area contributed by atoms with Crippen molar-refractivity contribution in [2.75, 3.05) is 13.1 Å². The molecular weight excluding hydrogens is 417 g/mol. The summed E-state index contributed by atoms with van der Waals surface area (Å²) in [5.74, 6) is 0. The Kier molecular flexibility index (Phi) is 6.04. The summed E-state index contributed by atoms with van der Waals surface area (Å²) in [6, 6.07) is 11.6. The summed E-state index contributed by atoms with van der Waals surface area (Å²) in [6.45, 7) is 2.53. The van der Waals surface area contributed by atoms with Gasteiger partial charge in [0.15, 0.2) is 0 Å². The summed E-state index contributed by atoms with van der Waals surface area (Å²) in [5, 5.41) is 3.40. The average Bonchev–Trinajstić information content (AvgIpc) is 2.70. The number of rotatable bonds is 4. The molecule has 0 amide bonds. The van der Waals surface area contributed by atoms with Gasteiger partial charge >= 0.3 is 6.18 Å². The van der Waals surface area contributed by atoms with Gasteiger partial charge in [-0.1, -0.05) is 23.7 Å². The Morgan fingerprint density at radius 3 is 2.45 bits per heavy atom. The van der Waals surface area contributed by atoms with Crippen molar-refractivity contribution in [1.82, 2.24) is 9.88 Å². The van der Waals surface area contributed by atoms with Gasteiger partial charge in [-0.25, -0.2) is 0 Å². The summed E-state index contributed by atoms with van der Waals surface area (Å²) in [7, 11) is 0. The maximum Gasteiger partial charge on any atom is 0.416 e. The molecule has 7 heteroatoms. The standard InChI is InChI=1S/C22H20ClF3N2S/c23-20-11-17-13-27-8-5-16(17)12-21(20)29-19-6-9-28(10-7-19)14-15-1-3-18(4-2-15)22(24,25)26/h1-5,8,11-13,19H,6-7,9-10,14H2. The van der Waals surface area contributed by atoms with Gasteiger partial charge < -0.3 is 0 Å². The van der Waals surface area contributed by atoms with Crippen LogP contribution in [0.3, 0.4) is 0 Å². The second kappa shape index (κ2) is 8.54. The summed E-state index contributed by atoms with van der Waals surface area (Å²) in [5.41, 5.74) is 0.315. The molecule has 0 N–H and O–H groups in total. The minimum atomic E-state index is -4.28. The molecule has 2 aromatic carbocycles. The molecule has 0 radical (unpaired) electrons. The quantitative estimate of drug-likeness (QED) is 0.454. The lowest BCUT2D eigenvalue weighted by molar-refractivity contribution is -0.137. The van der Waals surface area contributed by atoms with Gasteiger partial charge in [0.25, 0.3) is 0 Å². The summed E-state index contributed by atoms with van der Waals surface area (Å²) < 4.78 is 38.1. The molecule has 1 saturated heterocycles. The molecule has 29 heavy (non-hydrogen) atoms. The maximum absolute atomic E-state index is 12.7. The topological polar surface area (TPSA) is 16.1 Å². The van der Waals surface area contributed by atoms with E-state index in [0.29, 0.717) is 11.8 Å². The average molecular weight is 437 g/mol. The molecule has 1 aliphatic rings. The van der Waals surface area contributed by atoms with E-state index in [1.807, 2.05) is 30.1 Å². The van der Waals surface area contributed by atoms with E-state index in [1.54, 1.807) is 18.3 Å². The fourth-order valence-corrected chi connectivity index (χ4v) is 5.08. The highest BCUT2D eigenvalue weighted by atomic mass is 35.5. The van der Waals surface area contributed by atoms with Crippen molar-refractivity contribution in [3.05, 3.63) is 71.0 Å². The summed E-state index contributed by atoms with van der Waals surface area (Å²) in [6.07, 6.45) is 1.36. The monoisotopic (exact) mass is 436 g/mol. The molecule has 0 bridgehead atoms. The van der Waals surface area contributed by atoms with Gasteiger partial charge in [-0.3, -0.25) is 9.88 Å². The number of nitrogens with zero attached hydrogens (tertiary/aromatic N) is 2. The fraction of sp³-hybridized carbons (Fsp3) is 0.318. The minimum absolute atomic E-state index is 0.482. The van der Waals surface area contributed by atoms with Crippen LogP contribution in [0.5, 0.6) is 0 Å². The van der Waals surface area contributed by atoms with Crippen LogP contribution in [0.1, 0.15) is 24.0 Å². The third-order valence-corrected chi connectivity index (χ3v) is 7.03. The number of hydrogen-bond donors (Lipinski definition) is 0. The molecular formula is C22H20ClF3N2S. The van der Waals surface area contributed by atoms with E-state index >= 15 is 0 Å². The predicted molar refractivity (Wildman–Crippen MR) is 112 cm³/mol. The molecule has 3 aromatic rings. The van der Waals surface area contributed by atoms with E-state index in [0.717, 1.165) is 64.3 Å². The number of halogens is 4. The highest BCUT2D eigenvalue weighted by Crippen LogP contribution is 2.37. The Labute approximate surface area is 177 Å². The number of likely N-dealkylation sites (tertiary alicyclic amines) is 1. The largest absolute Gasteiger partial charge is 0.416 e.